The Morgan fingerprint density at radius 3 is 2.12 bits per heavy atom. The first-order valence-corrected chi connectivity index (χ1v) is 7.18. The van der Waals surface area contributed by atoms with E-state index in [0.717, 1.165) is 4.90 Å². The smallest absolute Gasteiger partial charge is 0.326 e. The van der Waals surface area contributed by atoms with Gasteiger partial charge in [0.25, 0.3) is 0 Å². The molecular formula is C15H16N4O5. The van der Waals surface area contributed by atoms with Gasteiger partial charge < -0.3 is 10.6 Å². The Bertz CT molecular complexity index is 730. The lowest BCUT2D eigenvalue weighted by molar-refractivity contribution is -0.143. The van der Waals surface area contributed by atoms with Crippen LogP contribution in [0.15, 0.2) is 24.3 Å². The molecule has 0 aliphatic carbocycles. The highest BCUT2D eigenvalue weighted by Gasteiger charge is 2.44. The van der Waals surface area contributed by atoms with Gasteiger partial charge in [0, 0.05) is 24.8 Å². The lowest BCUT2D eigenvalue weighted by Gasteiger charge is -2.14. The average Bonchev–Trinajstić information content (AvgIpc) is 2.70. The number of anilines is 2. The number of urea groups is 1. The van der Waals surface area contributed by atoms with Gasteiger partial charge in [0.05, 0.1) is 0 Å². The summed E-state index contributed by atoms with van der Waals surface area (Å²) in [4.78, 5) is 59.6. The Morgan fingerprint density at radius 2 is 1.58 bits per heavy atom. The van der Waals surface area contributed by atoms with E-state index in [0.29, 0.717) is 16.3 Å². The molecular weight excluding hydrogens is 316 g/mol. The third-order valence-corrected chi connectivity index (χ3v) is 3.22. The maximum absolute atomic E-state index is 12.0. The predicted molar refractivity (Wildman–Crippen MR) is 83.9 cm³/mol. The summed E-state index contributed by atoms with van der Waals surface area (Å²) < 4.78 is 0. The molecule has 6 amide bonds. The summed E-state index contributed by atoms with van der Waals surface area (Å²) in [5.41, 5.74) is 0.866. The Balaban J connectivity index is 2.03. The molecule has 0 bridgehead atoms. The van der Waals surface area contributed by atoms with Gasteiger partial charge in [0.1, 0.15) is 6.54 Å². The minimum absolute atomic E-state index is 0.0558. The van der Waals surface area contributed by atoms with Crippen LogP contribution in [0.3, 0.4) is 0 Å². The molecule has 1 aliphatic heterocycles. The number of hydrogen-bond acceptors (Lipinski definition) is 5. The predicted octanol–water partition coefficient (Wildman–Crippen LogP) is 0.394. The van der Waals surface area contributed by atoms with Crippen molar-refractivity contribution in [3.63, 3.8) is 0 Å². The van der Waals surface area contributed by atoms with E-state index in [-0.39, 0.29) is 12.5 Å². The summed E-state index contributed by atoms with van der Waals surface area (Å²) in [6.07, 6.45) is 0. The van der Waals surface area contributed by atoms with Crippen LogP contribution in [0.25, 0.3) is 0 Å². The van der Waals surface area contributed by atoms with Crippen molar-refractivity contribution in [3.8, 4) is 0 Å². The Labute approximate surface area is 137 Å². The van der Waals surface area contributed by atoms with Crippen LogP contribution >= 0.6 is 0 Å². The minimum atomic E-state index is -1.02. The van der Waals surface area contributed by atoms with Gasteiger partial charge in [-0.1, -0.05) is 6.07 Å². The number of nitrogens with one attached hydrogen (secondary N) is 2. The number of hydrogen-bond donors (Lipinski definition) is 2. The summed E-state index contributed by atoms with van der Waals surface area (Å²) in [6.45, 7) is 2.40. The number of carbonyl (C=O) groups is 5. The third kappa shape index (κ3) is 3.57. The van der Waals surface area contributed by atoms with Gasteiger partial charge >= 0.3 is 17.8 Å². The van der Waals surface area contributed by atoms with Crippen LogP contribution < -0.4 is 10.6 Å². The molecule has 1 heterocycles. The van der Waals surface area contributed by atoms with Crippen molar-refractivity contribution in [2.45, 2.75) is 13.8 Å². The molecule has 1 aliphatic rings. The topological polar surface area (TPSA) is 116 Å². The molecule has 1 saturated heterocycles. The third-order valence-electron chi connectivity index (χ3n) is 3.22. The fraction of sp³-hybridized carbons (Fsp3) is 0.267. The number of likely N-dealkylation sites (N-methyl/N-ethyl adjacent to an activating group) is 1. The number of amides is 6. The summed E-state index contributed by atoms with van der Waals surface area (Å²) in [5, 5.41) is 5.07. The molecule has 1 aromatic carbocycles. The number of imide groups is 2. The molecule has 0 spiro atoms. The minimum Gasteiger partial charge on any atom is -0.326 e. The lowest BCUT2D eigenvalue weighted by Crippen LogP contribution is -2.38. The van der Waals surface area contributed by atoms with E-state index in [2.05, 4.69) is 10.6 Å². The van der Waals surface area contributed by atoms with E-state index < -0.39 is 30.3 Å². The number of carbonyl (C=O) groups excluding carboxylic acids is 5. The molecule has 0 atom stereocenters. The molecule has 1 aromatic rings. The second-order valence-electron chi connectivity index (χ2n) is 5.03. The van der Waals surface area contributed by atoms with E-state index in [1.807, 2.05) is 0 Å². The molecule has 9 heteroatoms. The Hall–Kier alpha value is -3.23. The summed E-state index contributed by atoms with van der Waals surface area (Å²) in [5.74, 6) is -2.86. The van der Waals surface area contributed by atoms with Crippen molar-refractivity contribution < 1.29 is 24.0 Å². The SMILES string of the molecule is CCN1C(=O)C(=O)N(CC(=O)Nc2cccc(NC(C)=O)c2)C1=O. The Kier molecular flexibility index (Phi) is 4.93. The van der Waals surface area contributed by atoms with Crippen LogP contribution in [-0.4, -0.2) is 52.5 Å². The summed E-state index contributed by atoms with van der Waals surface area (Å²) in [7, 11) is 0. The monoisotopic (exact) mass is 332 g/mol. The number of rotatable bonds is 5. The molecule has 0 unspecified atom stereocenters. The standard InChI is InChI=1S/C15H16N4O5/c1-3-18-13(22)14(23)19(15(18)24)8-12(21)17-11-6-4-5-10(7-11)16-9(2)20/h4-7H,3,8H2,1-2H3,(H,16,20)(H,17,21). The normalized spacial score (nSPS) is 14.2. The molecule has 24 heavy (non-hydrogen) atoms. The van der Waals surface area contributed by atoms with E-state index in [1.165, 1.54) is 13.0 Å². The molecule has 9 nitrogen and oxygen atoms in total. The van der Waals surface area contributed by atoms with Crippen molar-refractivity contribution in [3.05, 3.63) is 24.3 Å². The Morgan fingerprint density at radius 1 is 1.00 bits per heavy atom. The van der Waals surface area contributed by atoms with E-state index >= 15 is 0 Å². The van der Waals surface area contributed by atoms with E-state index in [4.69, 9.17) is 0 Å². The number of benzene rings is 1. The van der Waals surface area contributed by atoms with Gasteiger partial charge in [-0.15, -0.1) is 0 Å². The maximum Gasteiger partial charge on any atom is 0.334 e. The largest absolute Gasteiger partial charge is 0.334 e. The van der Waals surface area contributed by atoms with Crippen LogP contribution in [0.1, 0.15) is 13.8 Å². The van der Waals surface area contributed by atoms with E-state index in [9.17, 15) is 24.0 Å². The highest BCUT2D eigenvalue weighted by Crippen LogP contribution is 2.16. The fourth-order valence-corrected chi connectivity index (χ4v) is 2.19. The van der Waals surface area contributed by atoms with Crippen molar-refractivity contribution in [2.75, 3.05) is 23.7 Å². The average molecular weight is 332 g/mol. The quantitative estimate of drug-likeness (QED) is 0.598. The molecule has 0 aromatic heterocycles. The highest BCUT2D eigenvalue weighted by molar-refractivity contribution is 6.45. The first-order chi connectivity index (χ1) is 11.3. The van der Waals surface area contributed by atoms with Crippen LogP contribution in [0.2, 0.25) is 0 Å². The zero-order valence-electron chi connectivity index (χ0n) is 13.2. The van der Waals surface area contributed by atoms with Crippen LogP contribution in [0.5, 0.6) is 0 Å². The molecule has 1 fully saturated rings. The van der Waals surface area contributed by atoms with Crippen molar-refractivity contribution in [2.24, 2.45) is 0 Å². The second-order valence-corrected chi connectivity index (χ2v) is 5.03. The molecule has 2 N–H and O–H groups in total. The second kappa shape index (κ2) is 6.90. The lowest BCUT2D eigenvalue weighted by atomic mass is 10.2. The van der Waals surface area contributed by atoms with Crippen LogP contribution in [0.4, 0.5) is 16.2 Å². The first kappa shape index (κ1) is 17.1. The molecule has 126 valence electrons. The summed E-state index contributed by atoms with van der Waals surface area (Å²) >= 11 is 0. The maximum atomic E-state index is 12.0. The van der Waals surface area contributed by atoms with Crippen molar-refractivity contribution >= 4 is 41.0 Å². The number of nitrogens with zero attached hydrogens (tertiary/aromatic N) is 2. The van der Waals surface area contributed by atoms with Crippen LogP contribution in [-0.2, 0) is 19.2 Å². The van der Waals surface area contributed by atoms with Gasteiger partial charge in [0.15, 0.2) is 0 Å². The van der Waals surface area contributed by atoms with Crippen molar-refractivity contribution in [1.82, 2.24) is 9.80 Å². The van der Waals surface area contributed by atoms with Gasteiger partial charge in [0.2, 0.25) is 11.8 Å². The van der Waals surface area contributed by atoms with Crippen LogP contribution in [0, 0.1) is 0 Å². The first-order valence-electron chi connectivity index (χ1n) is 7.18. The zero-order chi connectivity index (χ0) is 17.9. The highest BCUT2D eigenvalue weighted by atomic mass is 16.2. The van der Waals surface area contributed by atoms with Gasteiger partial charge in [-0.05, 0) is 25.1 Å². The fourth-order valence-electron chi connectivity index (χ4n) is 2.19. The van der Waals surface area contributed by atoms with Gasteiger partial charge in [-0.25, -0.2) is 9.69 Å². The van der Waals surface area contributed by atoms with Gasteiger partial charge in [-0.3, -0.25) is 24.1 Å². The van der Waals surface area contributed by atoms with Gasteiger partial charge in [-0.2, -0.15) is 0 Å². The van der Waals surface area contributed by atoms with E-state index in [1.54, 1.807) is 25.1 Å². The molecule has 0 saturated carbocycles. The molecule has 0 radical (unpaired) electrons. The molecule has 2 rings (SSSR count). The summed E-state index contributed by atoms with van der Waals surface area (Å²) in [6, 6.07) is 5.56. The van der Waals surface area contributed by atoms with Crippen molar-refractivity contribution in [1.29, 1.82) is 0 Å². The zero-order valence-corrected chi connectivity index (χ0v) is 13.2.